The van der Waals surface area contributed by atoms with Gasteiger partial charge in [0.1, 0.15) is 11.5 Å². The van der Waals surface area contributed by atoms with Crippen LogP contribution in [0.15, 0.2) is 81.8 Å². The molecule has 0 atom stereocenters. The molecule has 1 heterocycles. The van der Waals surface area contributed by atoms with Crippen molar-refractivity contribution in [3.8, 4) is 11.5 Å². The van der Waals surface area contributed by atoms with E-state index in [0.717, 1.165) is 4.31 Å². The minimum atomic E-state index is -4.22. The Morgan fingerprint density at radius 2 is 1.53 bits per heavy atom. The second kappa shape index (κ2) is 8.33. The summed E-state index contributed by atoms with van der Waals surface area (Å²) in [6, 6.07) is 17.8. The Bertz CT molecular complexity index is 1340. The quantitative estimate of drug-likeness (QED) is 0.536. The van der Waals surface area contributed by atoms with Crippen molar-refractivity contribution in [3.63, 3.8) is 0 Å². The van der Waals surface area contributed by atoms with Gasteiger partial charge in [0.25, 0.3) is 10.0 Å². The van der Waals surface area contributed by atoms with Crippen LogP contribution < -0.4 is 13.8 Å². The van der Waals surface area contributed by atoms with Gasteiger partial charge < -0.3 is 14.6 Å². The zero-order valence-corrected chi connectivity index (χ0v) is 19.5. The zero-order chi connectivity index (χ0) is 23.0. The minimum Gasteiger partial charge on any atom is -0.497 e. The van der Waals surface area contributed by atoms with E-state index in [1.807, 2.05) is 0 Å². The summed E-state index contributed by atoms with van der Waals surface area (Å²) in [5, 5.41) is 10.3. The van der Waals surface area contributed by atoms with Crippen LogP contribution in [0.1, 0.15) is 11.1 Å². The molecule has 1 N–H and O–H groups in total. The predicted molar refractivity (Wildman–Crippen MR) is 123 cm³/mol. The Balaban J connectivity index is 2.17. The molecular weight excluding hydrogens is 498 g/mol. The maximum Gasteiger partial charge on any atom is 0.354 e. The summed E-state index contributed by atoms with van der Waals surface area (Å²) in [7, 11) is -1.26. The first-order chi connectivity index (χ1) is 15.3. The van der Waals surface area contributed by atoms with Crippen molar-refractivity contribution < 1.29 is 27.8 Å². The van der Waals surface area contributed by atoms with Crippen molar-refractivity contribution >= 4 is 43.2 Å². The van der Waals surface area contributed by atoms with E-state index < -0.39 is 21.7 Å². The molecule has 3 aromatic rings. The van der Waals surface area contributed by atoms with Crippen LogP contribution in [-0.4, -0.2) is 33.7 Å². The highest BCUT2D eigenvalue weighted by Gasteiger charge is 2.42. The molecular formula is C23H18BrNO6S. The van der Waals surface area contributed by atoms with E-state index in [4.69, 9.17) is 9.47 Å². The topological polar surface area (TPSA) is 93.1 Å². The van der Waals surface area contributed by atoms with Crippen molar-refractivity contribution in [2.45, 2.75) is 4.90 Å². The van der Waals surface area contributed by atoms with Gasteiger partial charge in [-0.1, -0.05) is 30.3 Å². The predicted octanol–water partition coefficient (Wildman–Crippen LogP) is 4.52. The van der Waals surface area contributed by atoms with Crippen molar-refractivity contribution in [1.29, 1.82) is 0 Å². The third-order valence-corrected chi connectivity index (χ3v) is 7.47. The van der Waals surface area contributed by atoms with Crippen LogP contribution >= 0.6 is 15.9 Å². The van der Waals surface area contributed by atoms with E-state index in [9.17, 15) is 18.3 Å². The molecule has 0 aromatic heterocycles. The molecule has 164 valence electrons. The van der Waals surface area contributed by atoms with E-state index in [0.29, 0.717) is 21.5 Å². The number of anilines is 1. The van der Waals surface area contributed by atoms with E-state index in [1.165, 1.54) is 20.3 Å². The first-order valence-electron chi connectivity index (χ1n) is 9.40. The van der Waals surface area contributed by atoms with E-state index in [2.05, 4.69) is 15.9 Å². The molecule has 32 heavy (non-hydrogen) atoms. The van der Waals surface area contributed by atoms with Gasteiger partial charge in [-0.2, -0.15) is 0 Å². The number of rotatable bonds is 5. The fourth-order valence-electron chi connectivity index (χ4n) is 3.65. The molecule has 0 saturated carbocycles. The van der Waals surface area contributed by atoms with Crippen molar-refractivity contribution in [2.24, 2.45) is 0 Å². The van der Waals surface area contributed by atoms with Gasteiger partial charge in [0.15, 0.2) is 5.70 Å². The number of aliphatic carboxylic acids is 1. The lowest BCUT2D eigenvalue weighted by molar-refractivity contribution is -0.132. The third-order valence-electron chi connectivity index (χ3n) is 5.03. The smallest absolute Gasteiger partial charge is 0.354 e. The number of nitrogens with zero attached hydrogens (tertiary/aromatic N) is 1. The molecule has 1 aliphatic heterocycles. The molecule has 0 spiro atoms. The maximum absolute atomic E-state index is 13.7. The second-order valence-electron chi connectivity index (χ2n) is 6.85. The molecule has 0 unspecified atom stereocenters. The molecule has 0 radical (unpaired) electrons. The van der Waals surface area contributed by atoms with Gasteiger partial charge in [0.2, 0.25) is 0 Å². The summed E-state index contributed by atoms with van der Waals surface area (Å²) < 4.78 is 39.3. The number of carboxylic acid groups (broad SMARTS) is 1. The molecule has 9 heteroatoms. The number of fused-ring (bicyclic) bond motifs is 1. The number of para-hydroxylation sites is 1. The van der Waals surface area contributed by atoms with Crippen LogP contribution in [0.2, 0.25) is 0 Å². The summed E-state index contributed by atoms with van der Waals surface area (Å²) >= 11 is 3.36. The van der Waals surface area contributed by atoms with Crippen LogP contribution in [0.25, 0.3) is 5.57 Å². The van der Waals surface area contributed by atoms with Crippen molar-refractivity contribution in [1.82, 2.24) is 0 Å². The lowest BCUT2D eigenvalue weighted by atomic mass is 9.94. The maximum atomic E-state index is 13.7. The van der Waals surface area contributed by atoms with Crippen molar-refractivity contribution in [3.05, 3.63) is 88.0 Å². The average molecular weight is 516 g/mol. The summed E-state index contributed by atoms with van der Waals surface area (Å²) in [5.74, 6) is -0.513. The number of benzene rings is 3. The standard InChI is InChI=1S/C23H18BrNO6S/c1-30-15-11-14(12-16(13-15)31-2)21-17-7-3-6-10-20(17)32(28,29)25(22(21)23(26)27)19-9-5-4-8-18(19)24/h3-13H,1-2H3,(H,26,27). The third kappa shape index (κ3) is 3.53. The Hall–Kier alpha value is -3.30. The SMILES string of the molecule is COc1cc(OC)cc(C2=C(C(=O)O)N(c3ccccc3Br)S(=O)(=O)c3ccccc32)c1. The van der Waals surface area contributed by atoms with Gasteiger partial charge >= 0.3 is 5.97 Å². The first kappa shape index (κ1) is 21.9. The second-order valence-corrected chi connectivity index (χ2v) is 9.46. The number of hydrogen-bond acceptors (Lipinski definition) is 5. The van der Waals surface area contributed by atoms with Gasteiger partial charge in [-0.05, 0) is 51.8 Å². The fraction of sp³-hybridized carbons (Fsp3) is 0.0870. The normalized spacial score (nSPS) is 14.7. The Morgan fingerprint density at radius 1 is 0.938 bits per heavy atom. The summed E-state index contributed by atoms with van der Waals surface area (Å²) in [4.78, 5) is 12.6. The largest absolute Gasteiger partial charge is 0.497 e. The molecule has 7 nitrogen and oxygen atoms in total. The molecule has 0 amide bonds. The average Bonchev–Trinajstić information content (AvgIpc) is 2.79. The van der Waals surface area contributed by atoms with E-state index in [-0.39, 0.29) is 21.7 Å². The number of halogens is 1. The number of ether oxygens (including phenoxy) is 2. The summed E-state index contributed by atoms with van der Waals surface area (Å²) in [6.45, 7) is 0. The lowest BCUT2D eigenvalue weighted by Gasteiger charge is -2.33. The highest BCUT2D eigenvalue weighted by atomic mass is 79.9. The number of sulfonamides is 1. The molecule has 3 aromatic carbocycles. The molecule has 4 rings (SSSR count). The van der Waals surface area contributed by atoms with Gasteiger partial charge in [0.05, 0.1) is 24.8 Å². The number of methoxy groups -OCH3 is 2. The number of carboxylic acids is 1. The highest BCUT2D eigenvalue weighted by molar-refractivity contribution is 9.10. The highest BCUT2D eigenvalue weighted by Crippen LogP contribution is 2.45. The molecule has 0 bridgehead atoms. The van der Waals surface area contributed by atoms with Crippen LogP contribution in [0, 0.1) is 0 Å². The van der Waals surface area contributed by atoms with Crippen LogP contribution in [0.5, 0.6) is 11.5 Å². The number of hydrogen-bond donors (Lipinski definition) is 1. The molecule has 0 aliphatic carbocycles. The van der Waals surface area contributed by atoms with E-state index >= 15 is 0 Å². The van der Waals surface area contributed by atoms with Crippen LogP contribution in [0.4, 0.5) is 5.69 Å². The van der Waals surface area contributed by atoms with Gasteiger partial charge in [0, 0.05) is 21.7 Å². The Kier molecular flexibility index (Phi) is 5.70. The minimum absolute atomic E-state index is 0.00228. The Labute approximate surface area is 193 Å². The Morgan fingerprint density at radius 3 is 2.12 bits per heavy atom. The first-order valence-corrected chi connectivity index (χ1v) is 11.6. The molecule has 0 saturated heterocycles. The number of carbonyl (C=O) groups is 1. The molecule has 1 aliphatic rings. The summed E-state index contributed by atoms with van der Waals surface area (Å²) in [5.41, 5.74) is 0.745. The van der Waals surface area contributed by atoms with Gasteiger partial charge in [-0.3, -0.25) is 0 Å². The molecule has 0 fully saturated rings. The van der Waals surface area contributed by atoms with Crippen molar-refractivity contribution in [2.75, 3.05) is 18.5 Å². The van der Waals surface area contributed by atoms with Crippen LogP contribution in [0.3, 0.4) is 0 Å². The van der Waals surface area contributed by atoms with Gasteiger partial charge in [-0.15, -0.1) is 0 Å². The van der Waals surface area contributed by atoms with E-state index in [1.54, 1.807) is 60.7 Å². The zero-order valence-electron chi connectivity index (χ0n) is 17.1. The lowest BCUT2D eigenvalue weighted by Crippen LogP contribution is -2.38. The fourth-order valence-corrected chi connectivity index (χ4v) is 5.95. The summed E-state index contributed by atoms with van der Waals surface area (Å²) in [6.07, 6.45) is 0. The van der Waals surface area contributed by atoms with Gasteiger partial charge in [-0.25, -0.2) is 17.5 Å². The van der Waals surface area contributed by atoms with Crippen LogP contribution in [-0.2, 0) is 14.8 Å². The monoisotopic (exact) mass is 515 g/mol.